The molecule has 0 radical (unpaired) electrons. The van der Waals surface area contributed by atoms with Gasteiger partial charge in [-0.3, -0.25) is 0 Å². The second kappa shape index (κ2) is 3.58. The molecule has 1 aliphatic rings. The highest BCUT2D eigenvalue weighted by atomic mass is 35.5. The molecule has 4 heteroatoms. The number of hydrogen-bond acceptors (Lipinski definition) is 2. The monoisotopic (exact) mass is 211 g/mol. The van der Waals surface area contributed by atoms with Crippen LogP contribution < -0.4 is 0 Å². The highest BCUT2D eigenvalue weighted by molar-refractivity contribution is 6.30. The number of carboxylic acid groups (broad SMARTS) is 1. The van der Waals surface area contributed by atoms with Crippen molar-refractivity contribution in [2.75, 3.05) is 0 Å². The average Bonchev–Trinajstić information content (AvgIpc) is 2.18. The molecular weight excluding hydrogens is 202 g/mol. The zero-order chi connectivity index (χ0) is 10.1. The van der Waals surface area contributed by atoms with Gasteiger partial charge < -0.3 is 5.11 Å². The van der Waals surface area contributed by atoms with Crippen LogP contribution in [0.1, 0.15) is 34.3 Å². The molecule has 2 rings (SSSR count). The Labute approximate surface area is 86.7 Å². The molecule has 0 atom stereocenters. The average molecular weight is 212 g/mol. The van der Waals surface area contributed by atoms with Crippen molar-refractivity contribution in [3.05, 3.63) is 28.0 Å². The molecule has 0 fully saturated rings. The Morgan fingerprint density at radius 2 is 2.00 bits per heavy atom. The maximum Gasteiger partial charge on any atom is 0.337 e. The lowest BCUT2D eigenvalue weighted by molar-refractivity contribution is 0.0695. The van der Waals surface area contributed by atoms with Gasteiger partial charge in [0.1, 0.15) is 5.15 Å². The van der Waals surface area contributed by atoms with E-state index in [0.29, 0.717) is 10.7 Å². The molecule has 0 unspecified atom stereocenters. The van der Waals surface area contributed by atoms with E-state index in [-0.39, 0.29) is 0 Å². The van der Waals surface area contributed by atoms with Gasteiger partial charge in [-0.05, 0) is 36.8 Å². The molecular formula is C10H10ClNO2. The second-order valence-corrected chi connectivity index (χ2v) is 3.79. The number of aromatic carboxylic acids is 1. The van der Waals surface area contributed by atoms with E-state index in [0.717, 1.165) is 36.8 Å². The van der Waals surface area contributed by atoms with Crippen molar-refractivity contribution in [1.29, 1.82) is 0 Å². The maximum atomic E-state index is 10.9. The number of fused-ring (bicyclic) bond motifs is 1. The number of rotatable bonds is 1. The predicted molar refractivity (Wildman–Crippen MR) is 52.8 cm³/mol. The van der Waals surface area contributed by atoms with Crippen molar-refractivity contribution in [2.24, 2.45) is 0 Å². The Morgan fingerprint density at radius 3 is 2.64 bits per heavy atom. The van der Waals surface area contributed by atoms with Gasteiger partial charge in [-0.1, -0.05) is 11.6 Å². The number of carboxylic acids is 1. The number of halogens is 1. The molecule has 1 aromatic rings. The summed E-state index contributed by atoms with van der Waals surface area (Å²) in [5.41, 5.74) is 2.12. The van der Waals surface area contributed by atoms with Gasteiger partial charge >= 0.3 is 5.97 Å². The number of carbonyl (C=O) groups is 1. The van der Waals surface area contributed by atoms with E-state index in [1.807, 2.05) is 0 Å². The first-order chi connectivity index (χ1) is 6.70. The molecule has 1 N–H and O–H groups in total. The van der Waals surface area contributed by atoms with E-state index in [1.54, 1.807) is 0 Å². The van der Waals surface area contributed by atoms with Crippen LogP contribution in [0.15, 0.2) is 6.20 Å². The highest BCUT2D eigenvalue weighted by Gasteiger charge is 2.20. The van der Waals surface area contributed by atoms with Gasteiger partial charge in [-0.25, -0.2) is 9.78 Å². The van der Waals surface area contributed by atoms with Crippen LogP contribution in [-0.4, -0.2) is 16.1 Å². The van der Waals surface area contributed by atoms with Crippen LogP contribution in [0, 0.1) is 0 Å². The minimum Gasteiger partial charge on any atom is -0.478 e. The molecule has 0 amide bonds. The number of nitrogens with zero attached hydrogens (tertiary/aromatic N) is 1. The number of hydrogen-bond donors (Lipinski definition) is 1. The van der Waals surface area contributed by atoms with Crippen LogP contribution in [0.25, 0.3) is 0 Å². The molecule has 0 aliphatic heterocycles. The molecule has 0 bridgehead atoms. The van der Waals surface area contributed by atoms with Crippen LogP contribution >= 0.6 is 11.6 Å². The number of aromatic nitrogens is 1. The topological polar surface area (TPSA) is 50.2 Å². The van der Waals surface area contributed by atoms with Gasteiger partial charge in [0.05, 0.1) is 5.56 Å². The summed E-state index contributed by atoms with van der Waals surface area (Å²) in [7, 11) is 0. The lowest BCUT2D eigenvalue weighted by Gasteiger charge is -2.17. The van der Waals surface area contributed by atoms with E-state index in [9.17, 15) is 4.79 Å². The zero-order valence-electron chi connectivity index (χ0n) is 7.59. The molecule has 14 heavy (non-hydrogen) atoms. The summed E-state index contributed by atoms with van der Waals surface area (Å²) in [6.45, 7) is 0. The normalized spacial score (nSPS) is 14.9. The van der Waals surface area contributed by atoms with Crippen LogP contribution in [0.5, 0.6) is 0 Å². The first-order valence-corrected chi connectivity index (χ1v) is 4.97. The summed E-state index contributed by atoms with van der Waals surface area (Å²) in [5.74, 6) is -0.910. The van der Waals surface area contributed by atoms with Crippen molar-refractivity contribution in [2.45, 2.75) is 25.7 Å². The van der Waals surface area contributed by atoms with Gasteiger partial charge in [0, 0.05) is 6.20 Å². The zero-order valence-corrected chi connectivity index (χ0v) is 8.34. The minimum absolute atomic E-state index is 0.309. The van der Waals surface area contributed by atoms with E-state index in [1.165, 1.54) is 6.20 Å². The van der Waals surface area contributed by atoms with E-state index >= 15 is 0 Å². The third kappa shape index (κ3) is 1.48. The fraction of sp³-hybridized carbons (Fsp3) is 0.400. The fourth-order valence-electron chi connectivity index (χ4n) is 1.89. The van der Waals surface area contributed by atoms with Gasteiger partial charge in [0.2, 0.25) is 0 Å². The van der Waals surface area contributed by atoms with Gasteiger partial charge in [-0.2, -0.15) is 0 Å². The van der Waals surface area contributed by atoms with Crippen LogP contribution in [0.4, 0.5) is 0 Å². The summed E-state index contributed by atoms with van der Waals surface area (Å²) >= 11 is 5.91. The Balaban J connectivity index is 2.59. The summed E-state index contributed by atoms with van der Waals surface area (Å²) in [4.78, 5) is 14.8. The largest absolute Gasteiger partial charge is 0.478 e. The molecule has 0 aromatic carbocycles. The second-order valence-electron chi connectivity index (χ2n) is 3.43. The third-order valence-corrected chi connectivity index (χ3v) is 2.91. The predicted octanol–water partition coefficient (Wildman–Crippen LogP) is 2.31. The van der Waals surface area contributed by atoms with Crippen molar-refractivity contribution in [1.82, 2.24) is 4.98 Å². The Kier molecular flexibility index (Phi) is 2.42. The Morgan fingerprint density at radius 1 is 1.36 bits per heavy atom. The van der Waals surface area contributed by atoms with Crippen molar-refractivity contribution >= 4 is 17.6 Å². The lowest BCUT2D eigenvalue weighted by atomic mass is 9.90. The summed E-state index contributed by atoms with van der Waals surface area (Å²) < 4.78 is 0. The van der Waals surface area contributed by atoms with E-state index < -0.39 is 5.97 Å². The molecule has 3 nitrogen and oxygen atoms in total. The molecule has 1 aliphatic carbocycles. The van der Waals surface area contributed by atoms with Crippen LogP contribution in [0.2, 0.25) is 5.15 Å². The van der Waals surface area contributed by atoms with Crippen molar-refractivity contribution in [3.8, 4) is 0 Å². The SMILES string of the molecule is O=C(O)c1cnc(Cl)c2c1CCCC2. The summed E-state index contributed by atoms with van der Waals surface area (Å²) in [6, 6.07) is 0. The van der Waals surface area contributed by atoms with E-state index in [4.69, 9.17) is 16.7 Å². The van der Waals surface area contributed by atoms with E-state index in [2.05, 4.69) is 4.98 Å². The molecule has 74 valence electrons. The summed E-state index contributed by atoms with van der Waals surface area (Å²) in [5, 5.41) is 9.41. The van der Waals surface area contributed by atoms with Crippen molar-refractivity contribution in [3.63, 3.8) is 0 Å². The first kappa shape index (κ1) is 9.46. The summed E-state index contributed by atoms with van der Waals surface area (Å²) in [6.07, 6.45) is 5.11. The highest BCUT2D eigenvalue weighted by Crippen LogP contribution is 2.28. The lowest BCUT2D eigenvalue weighted by Crippen LogP contribution is -2.12. The third-order valence-electron chi connectivity index (χ3n) is 2.58. The fourth-order valence-corrected chi connectivity index (χ4v) is 2.15. The molecule has 1 aromatic heterocycles. The quantitative estimate of drug-likeness (QED) is 0.726. The first-order valence-electron chi connectivity index (χ1n) is 4.59. The molecule has 0 saturated heterocycles. The number of pyridine rings is 1. The molecule has 0 spiro atoms. The van der Waals surface area contributed by atoms with Gasteiger partial charge in [0.15, 0.2) is 0 Å². The molecule has 1 heterocycles. The molecule has 0 saturated carbocycles. The standard InChI is InChI=1S/C10H10ClNO2/c11-9-7-4-2-1-3-6(7)8(5-12-9)10(13)14/h5H,1-4H2,(H,13,14). The minimum atomic E-state index is -0.910. The van der Waals surface area contributed by atoms with Gasteiger partial charge in [0.25, 0.3) is 0 Å². The van der Waals surface area contributed by atoms with Crippen LogP contribution in [-0.2, 0) is 12.8 Å². The smallest absolute Gasteiger partial charge is 0.337 e. The van der Waals surface area contributed by atoms with Crippen molar-refractivity contribution < 1.29 is 9.90 Å². The Hall–Kier alpha value is -1.09. The maximum absolute atomic E-state index is 10.9. The van der Waals surface area contributed by atoms with Crippen LogP contribution in [0.3, 0.4) is 0 Å². The Bertz CT molecular complexity index is 390. The van der Waals surface area contributed by atoms with Gasteiger partial charge in [-0.15, -0.1) is 0 Å².